The van der Waals surface area contributed by atoms with Crippen molar-refractivity contribution in [1.82, 2.24) is 15.0 Å². The minimum Gasteiger partial charge on any atom is -0.399 e. The molecule has 0 atom stereocenters. The van der Waals surface area contributed by atoms with E-state index in [1.165, 1.54) is 0 Å². The molecule has 1 fully saturated rings. The fourth-order valence-electron chi connectivity index (χ4n) is 2.97. The van der Waals surface area contributed by atoms with E-state index in [2.05, 4.69) is 42.6 Å². The van der Waals surface area contributed by atoms with Crippen molar-refractivity contribution < 1.29 is 9.31 Å². The highest BCUT2D eigenvalue weighted by Crippen LogP contribution is 2.36. The molecule has 2 heterocycles. The lowest BCUT2D eigenvalue weighted by molar-refractivity contribution is 0.00578. The number of aromatic nitrogens is 3. The first kappa shape index (κ1) is 17.8. The Hall–Kier alpha value is -2.57. The summed E-state index contributed by atoms with van der Waals surface area (Å²) in [6.45, 7) is 8.20. The highest BCUT2D eigenvalue weighted by atomic mass is 16.7. The summed E-state index contributed by atoms with van der Waals surface area (Å²) in [4.78, 5) is 13.3. The zero-order valence-electron chi connectivity index (χ0n) is 16.0. The summed E-state index contributed by atoms with van der Waals surface area (Å²) in [6, 6.07) is 17.9. The summed E-state index contributed by atoms with van der Waals surface area (Å²) < 4.78 is 12.3. The lowest BCUT2D eigenvalue weighted by Crippen LogP contribution is -2.41. The van der Waals surface area contributed by atoms with E-state index in [1.54, 1.807) is 6.33 Å². The number of nitrogens with zero attached hydrogens (tertiary/aromatic N) is 3. The summed E-state index contributed by atoms with van der Waals surface area (Å²) in [5.74, 6) is 1.28. The Balaban J connectivity index is 1.66. The van der Waals surface area contributed by atoms with Crippen LogP contribution < -0.4 is 5.46 Å². The van der Waals surface area contributed by atoms with Crippen molar-refractivity contribution in [2.75, 3.05) is 0 Å². The molecule has 136 valence electrons. The van der Waals surface area contributed by atoms with Crippen LogP contribution in [0.1, 0.15) is 27.7 Å². The van der Waals surface area contributed by atoms with Gasteiger partial charge in [-0.1, -0.05) is 54.6 Å². The van der Waals surface area contributed by atoms with Gasteiger partial charge in [-0.05, 0) is 33.2 Å². The van der Waals surface area contributed by atoms with Crippen LogP contribution in [0.4, 0.5) is 0 Å². The molecule has 1 aliphatic rings. The molecule has 1 aromatic heterocycles. The Morgan fingerprint density at radius 3 is 2.00 bits per heavy atom. The first-order valence-electron chi connectivity index (χ1n) is 9.06. The molecule has 5 nitrogen and oxygen atoms in total. The van der Waals surface area contributed by atoms with Crippen LogP contribution in [0.2, 0.25) is 0 Å². The zero-order valence-corrected chi connectivity index (χ0v) is 16.0. The maximum absolute atomic E-state index is 6.16. The summed E-state index contributed by atoms with van der Waals surface area (Å²) in [7, 11) is -0.412. The Morgan fingerprint density at radius 2 is 1.33 bits per heavy atom. The molecule has 0 saturated carbocycles. The van der Waals surface area contributed by atoms with Crippen LogP contribution >= 0.6 is 0 Å². The molecule has 2 aromatic carbocycles. The third-order valence-corrected chi connectivity index (χ3v) is 5.27. The average Bonchev–Trinajstić information content (AvgIpc) is 2.90. The van der Waals surface area contributed by atoms with Crippen LogP contribution in [-0.4, -0.2) is 33.3 Å². The standard InChI is InChI=1S/C21H22BN3O2/c1-20(2)21(3,4)27-22(26-20)17-12-8-11-16(13-17)19-24-14-23-18(25-19)15-9-6-5-7-10-15/h5-14H,1-4H3. The average molecular weight is 359 g/mol. The van der Waals surface area contributed by atoms with E-state index in [1.807, 2.05) is 54.6 Å². The maximum atomic E-state index is 6.16. The second-order valence-electron chi connectivity index (χ2n) is 7.71. The summed E-state index contributed by atoms with van der Waals surface area (Å²) in [5, 5.41) is 0. The van der Waals surface area contributed by atoms with Crippen molar-refractivity contribution >= 4 is 12.6 Å². The van der Waals surface area contributed by atoms with Gasteiger partial charge in [0.25, 0.3) is 0 Å². The van der Waals surface area contributed by atoms with Crippen molar-refractivity contribution in [3.63, 3.8) is 0 Å². The third kappa shape index (κ3) is 3.38. The quantitative estimate of drug-likeness (QED) is 0.670. The van der Waals surface area contributed by atoms with Crippen molar-refractivity contribution in [2.24, 2.45) is 0 Å². The van der Waals surface area contributed by atoms with Crippen molar-refractivity contribution in [1.29, 1.82) is 0 Å². The zero-order chi connectivity index (χ0) is 19.1. The lowest BCUT2D eigenvalue weighted by atomic mass is 9.78. The lowest BCUT2D eigenvalue weighted by Gasteiger charge is -2.32. The van der Waals surface area contributed by atoms with E-state index in [9.17, 15) is 0 Å². The van der Waals surface area contributed by atoms with Crippen LogP contribution in [0.25, 0.3) is 22.8 Å². The largest absolute Gasteiger partial charge is 0.494 e. The first-order chi connectivity index (χ1) is 12.9. The van der Waals surface area contributed by atoms with Gasteiger partial charge in [0.2, 0.25) is 0 Å². The fourth-order valence-corrected chi connectivity index (χ4v) is 2.97. The molecule has 3 aromatic rings. The minimum atomic E-state index is -0.412. The molecule has 6 heteroatoms. The Labute approximate surface area is 160 Å². The number of hydrogen-bond donors (Lipinski definition) is 0. The molecule has 0 radical (unpaired) electrons. The highest BCUT2D eigenvalue weighted by Gasteiger charge is 2.51. The second kappa shape index (κ2) is 6.55. The molecular formula is C21H22BN3O2. The molecule has 27 heavy (non-hydrogen) atoms. The van der Waals surface area contributed by atoms with Crippen LogP contribution in [-0.2, 0) is 9.31 Å². The Bertz CT molecular complexity index is 944. The van der Waals surface area contributed by atoms with Gasteiger partial charge in [0.05, 0.1) is 11.2 Å². The van der Waals surface area contributed by atoms with E-state index in [0.717, 1.165) is 16.6 Å². The SMILES string of the molecule is CC1(C)OB(c2cccc(-c3ncnc(-c4ccccc4)n3)c2)OC1(C)C. The Morgan fingerprint density at radius 1 is 0.741 bits per heavy atom. The fraction of sp³-hybridized carbons (Fsp3) is 0.286. The number of benzene rings is 2. The predicted molar refractivity (Wildman–Crippen MR) is 106 cm³/mol. The predicted octanol–water partition coefficient (Wildman–Crippen LogP) is 3.50. The van der Waals surface area contributed by atoms with Gasteiger partial charge < -0.3 is 9.31 Å². The molecule has 1 saturated heterocycles. The molecule has 0 amide bonds. The van der Waals surface area contributed by atoms with Gasteiger partial charge in [-0.3, -0.25) is 0 Å². The molecule has 4 rings (SSSR count). The van der Waals surface area contributed by atoms with Gasteiger partial charge in [-0.25, -0.2) is 15.0 Å². The second-order valence-corrected chi connectivity index (χ2v) is 7.71. The molecule has 0 bridgehead atoms. The topological polar surface area (TPSA) is 57.1 Å². The summed E-state index contributed by atoms with van der Waals surface area (Å²) >= 11 is 0. The van der Waals surface area contributed by atoms with E-state index in [0.29, 0.717) is 11.6 Å². The van der Waals surface area contributed by atoms with Crippen LogP contribution in [0, 0.1) is 0 Å². The smallest absolute Gasteiger partial charge is 0.399 e. The first-order valence-corrected chi connectivity index (χ1v) is 9.06. The van der Waals surface area contributed by atoms with Gasteiger partial charge in [0, 0.05) is 11.1 Å². The summed E-state index contributed by atoms with van der Waals surface area (Å²) in [6.07, 6.45) is 1.55. The highest BCUT2D eigenvalue weighted by molar-refractivity contribution is 6.62. The monoisotopic (exact) mass is 359 g/mol. The van der Waals surface area contributed by atoms with Gasteiger partial charge in [-0.2, -0.15) is 0 Å². The van der Waals surface area contributed by atoms with Crippen molar-refractivity contribution in [2.45, 2.75) is 38.9 Å². The molecular weight excluding hydrogens is 337 g/mol. The molecule has 0 unspecified atom stereocenters. The van der Waals surface area contributed by atoms with Gasteiger partial charge >= 0.3 is 7.12 Å². The Kier molecular flexibility index (Phi) is 4.33. The maximum Gasteiger partial charge on any atom is 0.494 e. The van der Waals surface area contributed by atoms with Crippen molar-refractivity contribution in [3.05, 3.63) is 60.9 Å². The van der Waals surface area contributed by atoms with Gasteiger partial charge in [-0.15, -0.1) is 0 Å². The van der Waals surface area contributed by atoms with Crippen LogP contribution in [0.5, 0.6) is 0 Å². The normalized spacial score (nSPS) is 17.9. The molecule has 0 N–H and O–H groups in total. The summed E-state index contributed by atoms with van der Waals surface area (Å²) in [5.41, 5.74) is 2.07. The van der Waals surface area contributed by atoms with Crippen molar-refractivity contribution in [3.8, 4) is 22.8 Å². The van der Waals surface area contributed by atoms with Crippen LogP contribution in [0.3, 0.4) is 0 Å². The number of hydrogen-bond acceptors (Lipinski definition) is 5. The van der Waals surface area contributed by atoms with E-state index in [-0.39, 0.29) is 11.2 Å². The van der Waals surface area contributed by atoms with E-state index < -0.39 is 7.12 Å². The van der Waals surface area contributed by atoms with E-state index in [4.69, 9.17) is 9.31 Å². The molecule has 1 aliphatic heterocycles. The van der Waals surface area contributed by atoms with E-state index >= 15 is 0 Å². The van der Waals surface area contributed by atoms with Gasteiger partial charge in [0.1, 0.15) is 6.33 Å². The minimum absolute atomic E-state index is 0.374. The molecule has 0 aliphatic carbocycles. The number of rotatable bonds is 3. The van der Waals surface area contributed by atoms with Crippen LogP contribution in [0.15, 0.2) is 60.9 Å². The third-order valence-electron chi connectivity index (χ3n) is 5.27. The molecule has 0 spiro atoms. The van der Waals surface area contributed by atoms with Gasteiger partial charge in [0.15, 0.2) is 11.6 Å².